The van der Waals surface area contributed by atoms with Gasteiger partial charge in [-0.3, -0.25) is 14.8 Å². The van der Waals surface area contributed by atoms with E-state index in [4.69, 9.17) is 0 Å². The molecule has 2 aromatic rings. The number of anilines is 1. The van der Waals surface area contributed by atoms with E-state index >= 15 is 0 Å². The second-order valence-corrected chi connectivity index (χ2v) is 4.89. The van der Waals surface area contributed by atoms with Gasteiger partial charge in [0.2, 0.25) is 5.82 Å². The molecule has 2 aromatic heterocycles. The van der Waals surface area contributed by atoms with Crippen molar-refractivity contribution in [3.05, 3.63) is 44.8 Å². The number of pyridine rings is 1. The molecule has 0 aliphatic carbocycles. The van der Waals surface area contributed by atoms with Crippen LogP contribution < -0.4 is 5.32 Å². The third-order valence-corrected chi connectivity index (χ3v) is 2.93. The van der Waals surface area contributed by atoms with Gasteiger partial charge in [0.25, 0.3) is 0 Å². The lowest BCUT2D eigenvalue weighted by atomic mass is 10.2. The topological polar surface area (TPSA) is 85.9 Å². The van der Waals surface area contributed by atoms with Crippen molar-refractivity contribution in [1.82, 2.24) is 14.8 Å². The van der Waals surface area contributed by atoms with Crippen molar-refractivity contribution in [2.45, 2.75) is 6.42 Å². The van der Waals surface area contributed by atoms with Crippen molar-refractivity contribution >= 4 is 27.4 Å². The first-order valence-corrected chi connectivity index (χ1v) is 6.37. The maximum absolute atomic E-state index is 10.9. The van der Waals surface area contributed by atoms with Crippen LogP contribution in [0.15, 0.2) is 29.1 Å². The predicted octanol–water partition coefficient (Wildman–Crippen LogP) is 2.14. The van der Waals surface area contributed by atoms with Gasteiger partial charge in [-0.25, -0.2) is 4.98 Å². The third kappa shape index (κ3) is 3.50. The van der Waals surface area contributed by atoms with Crippen LogP contribution in [0.2, 0.25) is 0 Å². The molecule has 0 atom stereocenters. The van der Waals surface area contributed by atoms with E-state index in [1.165, 1.54) is 12.3 Å². The fraction of sp³-hybridized carbons (Fsp3) is 0.273. The number of nitro groups is 1. The van der Waals surface area contributed by atoms with E-state index in [1.807, 2.05) is 13.2 Å². The Morgan fingerprint density at radius 1 is 1.53 bits per heavy atom. The Hall–Kier alpha value is -1.96. The first-order chi connectivity index (χ1) is 9.06. The summed E-state index contributed by atoms with van der Waals surface area (Å²) < 4.78 is 2.30. The molecule has 8 heteroatoms. The molecule has 0 bridgehead atoms. The molecule has 0 saturated carbocycles. The monoisotopic (exact) mass is 325 g/mol. The Labute approximate surface area is 117 Å². The molecule has 0 saturated heterocycles. The fourth-order valence-corrected chi connectivity index (χ4v) is 1.95. The van der Waals surface area contributed by atoms with Gasteiger partial charge in [-0.15, -0.1) is 0 Å². The van der Waals surface area contributed by atoms with Gasteiger partial charge in [0, 0.05) is 36.5 Å². The summed E-state index contributed by atoms with van der Waals surface area (Å²) in [5.74, 6) is 0.275. The van der Waals surface area contributed by atoms with Gasteiger partial charge < -0.3 is 5.32 Å². The van der Waals surface area contributed by atoms with Gasteiger partial charge in [0.1, 0.15) is 0 Å². The van der Waals surface area contributed by atoms with Crippen LogP contribution in [-0.4, -0.2) is 26.2 Å². The molecule has 7 nitrogen and oxygen atoms in total. The summed E-state index contributed by atoms with van der Waals surface area (Å²) >= 11 is 3.17. The lowest BCUT2D eigenvalue weighted by Gasteiger charge is -2.05. The smallest absolute Gasteiger partial charge is 0.312 e. The largest absolute Gasteiger partial charge is 0.364 e. The van der Waals surface area contributed by atoms with Crippen LogP contribution in [0.25, 0.3) is 0 Å². The average Bonchev–Trinajstić information content (AvgIpc) is 2.77. The second kappa shape index (κ2) is 5.79. The number of aromatic nitrogens is 3. The summed E-state index contributed by atoms with van der Waals surface area (Å²) in [6, 6.07) is 1.43. The maximum Gasteiger partial charge on any atom is 0.312 e. The number of hydrogen-bond acceptors (Lipinski definition) is 5. The standard InChI is InChI=1S/C11H12BrN5O2/c1-16-7-8(5-15-16)2-3-13-11-10(17(18)19)4-9(12)6-14-11/h4-7H,2-3H2,1H3,(H,13,14). The third-order valence-electron chi connectivity index (χ3n) is 2.50. The molecule has 0 unspecified atom stereocenters. The molecule has 19 heavy (non-hydrogen) atoms. The summed E-state index contributed by atoms with van der Waals surface area (Å²) in [5, 5.41) is 17.9. The van der Waals surface area contributed by atoms with E-state index in [0.29, 0.717) is 11.0 Å². The summed E-state index contributed by atoms with van der Waals surface area (Å²) in [7, 11) is 1.85. The van der Waals surface area contributed by atoms with Crippen LogP contribution in [0.3, 0.4) is 0 Å². The van der Waals surface area contributed by atoms with E-state index in [0.717, 1.165) is 12.0 Å². The lowest BCUT2D eigenvalue weighted by molar-refractivity contribution is -0.384. The van der Waals surface area contributed by atoms with Crippen molar-refractivity contribution in [3.8, 4) is 0 Å². The fourth-order valence-electron chi connectivity index (χ4n) is 1.63. The predicted molar refractivity (Wildman–Crippen MR) is 74.0 cm³/mol. The number of nitrogens with one attached hydrogen (secondary N) is 1. The summed E-state index contributed by atoms with van der Waals surface area (Å²) in [6.45, 7) is 0.557. The van der Waals surface area contributed by atoms with Crippen molar-refractivity contribution in [1.29, 1.82) is 0 Å². The quantitative estimate of drug-likeness (QED) is 0.672. The molecule has 0 fully saturated rings. The highest BCUT2D eigenvalue weighted by atomic mass is 79.9. The molecule has 2 heterocycles. The molecule has 1 N–H and O–H groups in total. The van der Waals surface area contributed by atoms with Gasteiger partial charge in [-0.05, 0) is 27.9 Å². The minimum atomic E-state index is -0.454. The van der Waals surface area contributed by atoms with Gasteiger partial charge in [0.05, 0.1) is 11.1 Å². The summed E-state index contributed by atoms with van der Waals surface area (Å²) in [6.07, 6.45) is 5.93. The summed E-state index contributed by atoms with van der Waals surface area (Å²) in [5.41, 5.74) is 1.02. The number of hydrogen-bond donors (Lipinski definition) is 1. The van der Waals surface area contributed by atoms with Crippen LogP contribution >= 0.6 is 15.9 Å². The molecule has 2 rings (SSSR count). The number of rotatable bonds is 5. The van der Waals surface area contributed by atoms with Crippen molar-refractivity contribution in [3.63, 3.8) is 0 Å². The zero-order valence-electron chi connectivity index (χ0n) is 10.2. The van der Waals surface area contributed by atoms with Crippen LogP contribution in [0.4, 0.5) is 11.5 Å². The van der Waals surface area contributed by atoms with Gasteiger partial charge in [0.15, 0.2) is 0 Å². The number of halogens is 1. The normalized spacial score (nSPS) is 10.4. The minimum absolute atomic E-state index is 0.0411. The van der Waals surface area contributed by atoms with Crippen LogP contribution in [0, 0.1) is 10.1 Å². The Morgan fingerprint density at radius 3 is 2.95 bits per heavy atom. The number of aryl methyl sites for hydroxylation is 1. The molecule has 0 aromatic carbocycles. The lowest BCUT2D eigenvalue weighted by Crippen LogP contribution is -2.08. The number of nitrogens with zero attached hydrogens (tertiary/aromatic N) is 4. The average molecular weight is 326 g/mol. The minimum Gasteiger partial charge on any atom is -0.364 e. The second-order valence-electron chi connectivity index (χ2n) is 3.98. The Morgan fingerprint density at radius 2 is 2.32 bits per heavy atom. The maximum atomic E-state index is 10.9. The SMILES string of the molecule is Cn1cc(CCNc2ncc(Br)cc2[N+](=O)[O-])cn1. The Bertz CT molecular complexity index is 599. The molecule has 0 aliphatic heterocycles. The van der Waals surface area contributed by atoms with Gasteiger partial charge in [-0.1, -0.05) is 0 Å². The van der Waals surface area contributed by atoms with Crippen molar-refractivity contribution in [2.75, 3.05) is 11.9 Å². The van der Waals surface area contributed by atoms with Gasteiger partial charge in [-0.2, -0.15) is 5.10 Å². The van der Waals surface area contributed by atoms with Gasteiger partial charge >= 0.3 is 5.69 Å². The zero-order valence-corrected chi connectivity index (χ0v) is 11.8. The molecular formula is C11H12BrN5O2. The van der Waals surface area contributed by atoms with E-state index in [-0.39, 0.29) is 11.5 Å². The van der Waals surface area contributed by atoms with E-state index in [1.54, 1.807) is 10.9 Å². The highest BCUT2D eigenvalue weighted by Gasteiger charge is 2.15. The first-order valence-electron chi connectivity index (χ1n) is 5.57. The molecule has 0 aliphatic rings. The van der Waals surface area contributed by atoms with Crippen molar-refractivity contribution < 1.29 is 4.92 Å². The molecular weight excluding hydrogens is 314 g/mol. The van der Waals surface area contributed by atoms with Crippen LogP contribution in [0.1, 0.15) is 5.56 Å². The summed E-state index contributed by atoms with van der Waals surface area (Å²) in [4.78, 5) is 14.5. The zero-order chi connectivity index (χ0) is 13.8. The van der Waals surface area contributed by atoms with Crippen LogP contribution in [-0.2, 0) is 13.5 Å². The van der Waals surface area contributed by atoms with E-state index in [2.05, 4.69) is 31.3 Å². The Balaban J connectivity index is 2.01. The Kier molecular flexibility index (Phi) is 4.10. The van der Waals surface area contributed by atoms with Crippen LogP contribution in [0.5, 0.6) is 0 Å². The van der Waals surface area contributed by atoms with Crippen molar-refractivity contribution in [2.24, 2.45) is 7.05 Å². The highest BCUT2D eigenvalue weighted by molar-refractivity contribution is 9.10. The first kappa shape index (κ1) is 13.5. The molecule has 0 radical (unpaired) electrons. The van der Waals surface area contributed by atoms with E-state index in [9.17, 15) is 10.1 Å². The molecule has 100 valence electrons. The molecule has 0 spiro atoms. The highest BCUT2D eigenvalue weighted by Crippen LogP contribution is 2.25. The molecule has 0 amide bonds. The van der Waals surface area contributed by atoms with E-state index < -0.39 is 4.92 Å².